The number of para-hydroxylation sites is 1. The summed E-state index contributed by atoms with van der Waals surface area (Å²) in [6.07, 6.45) is 12.2. The number of anilines is 1. The molecule has 2 fully saturated rings. The van der Waals surface area contributed by atoms with Crippen LogP contribution in [-0.2, 0) is 14.9 Å². The van der Waals surface area contributed by atoms with Crippen LogP contribution in [0.3, 0.4) is 0 Å². The Bertz CT molecular complexity index is 1080. The van der Waals surface area contributed by atoms with E-state index in [0.29, 0.717) is 18.0 Å². The number of carbonyl (C=O) groups excluding carboxylic acids is 2. The lowest BCUT2D eigenvalue weighted by molar-refractivity contribution is -0.123. The van der Waals surface area contributed by atoms with Gasteiger partial charge in [0.1, 0.15) is 6.23 Å². The maximum absolute atomic E-state index is 13.6. The minimum absolute atomic E-state index is 0.0906. The van der Waals surface area contributed by atoms with Crippen molar-refractivity contribution >= 4 is 23.5 Å². The van der Waals surface area contributed by atoms with Gasteiger partial charge in [-0.05, 0) is 68.6 Å². The average molecular weight is 418 g/mol. The van der Waals surface area contributed by atoms with Crippen LogP contribution >= 0.6 is 0 Å². The van der Waals surface area contributed by atoms with Crippen LogP contribution in [0.25, 0.3) is 5.57 Å². The first-order valence-corrected chi connectivity index (χ1v) is 11.5. The van der Waals surface area contributed by atoms with E-state index in [1.807, 2.05) is 23.0 Å². The topological polar surface area (TPSA) is 64.4 Å². The first kappa shape index (κ1) is 19.0. The molecular formula is C25H27N3O3. The minimum Gasteiger partial charge on any atom is -0.357 e. The Kier molecular flexibility index (Phi) is 4.39. The summed E-state index contributed by atoms with van der Waals surface area (Å²) in [7, 11) is 0. The lowest BCUT2D eigenvalue weighted by Crippen LogP contribution is -2.42. The molecule has 6 nitrogen and oxygen atoms in total. The van der Waals surface area contributed by atoms with Crippen molar-refractivity contribution in [2.24, 2.45) is 0 Å². The van der Waals surface area contributed by atoms with Crippen LogP contribution < -0.4 is 4.90 Å². The lowest BCUT2D eigenvalue weighted by atomic mass is 9.70. The van der Waals surface area contributed by atoms with E-state index in [-0.39, 0.29) is 12.1 Å². The lowest BCUT2D eigenvalue weighted by Gasteiger charge is -2.32. The maximum Gasteiger partial charge on any atom is 0.238 e. The van der Waals surface area contributed by atoms with E-state index < -0.39 is 5.41 Å². The van der Waals surface area contributed by atoms with Gasteiger partial charge in [-0.15, -0.1) is 0 Å². The summed E-state index contributed by atoms with van der Waals surface area (Å²) in [4.78, 5) is 27.4. The van der Waals surface area contributed by atoms with E-state index >= 15 is 0 Å². The monoisotopic (exact) mass is 417 g/mol. The average Bonchev–Trinajstić information content (AvgIpc) is 3.51. The fraction of sp³-hybridized carbons (Fsp3) is 0.480. The molecule has 1 aromatic carbocycles. The molecule has 6 heteroatoms. The molecule has 2 unspecified atom stereocenters. The third-order valence-corrected chi connectivity index (χ3v) is 7.38. The van der Waals surface area contributed by atoms with Gasteiger partial charge in [-0.1, -0.05) is 24.3 Å². The van der Waals surface area contributed by atoms with Crippen molar-refractivity contribution in [3.05, 3.63) is 53.4 Å². The third-order valence-electron chi connectivity index (χ3n) is 7.38. The van der Waals surface area contributed by atoms with E-state index in [9.17, 15) is 9.59 Å². The highest BCUT2D eigenvalue weighted by Gasteiger charge is 2.54. The van der Waals surface area contributed by atoms with Crippen LogP contribution in [0.4, 0.5) is 5.69 Å². The number of benzene rings is 1. The normalized spacial score (nSPS) is 28.0. The smallest absolute Gasteiger partial charge is 0.238 e. The zero-order chi connectivity index (χ0) is 21.0. The molecule has 3 heterocycles. The largest absolute Gasteiger partial charge is 0.357 e. The molecule has 0 N–H and O–H groups in total. The van der Waals surface area contributed by atoms with Gasteiger partial charge in [-0.2, -0.15) is 5.10 Å². The van der Waals surface area contributed by atoms with Gasteiger partial charge in [-0.3, -0.25) is 9.59 Å². The minimum atomic E-state index is -0.473. The molecule has 160 valence electrons. The van der Waals surface area contributed by atoms with Gasteiger partial charge >= 0.3 is 0 Å². The van der Waals surface area contributed by atoms with Crippen LogP contribution in [0.1, 0.15) is 79.2 Å². The van der Waals surface area contributed by atoms with Crippen LogP contribution in [0, 0.1) is 0 Å². The number of carbonyl (C=O) groups is 2. The highest BCUT2D eigenvalue weighted by molar-refractivity contribution is 6.09. The Morgan fingerprint density at radius 3 is 2.74 bits per heavy atom. The number of aromatic nitrogens is 2. The first-order valence-electron chi connectivity index (χ1n) is 11.5. The van der Waals surface area contributed by atoms with E-state index in [1.165, 1.54) is 5.56 Å². The van der Waals surface area contributed by atoms with E-state index in [4.69, 9.17) is 9.84 Å². The molecule has 1 spiro atoms. The second kappa shape index (κ2) is 7.16. The summed E-state index contributed by atoms with van der Waals surface area (Å²) in [6, 6.07) is 8.66. The SMILES string of the molecule is O=Cc1cn(C2CCCCO2)nc1C1=CCC2(CC1)C(=O)N(C1CC1)c1ccccc12. The summed E-state index contributed by atoms with van der Waals surface area (Å²) < 4.78 is 7.66. The standard InChI is InChI=1S/C25H27N3O3/c29-16-18-15-27(22-7-3-4-14-31-22)26-23(18)17-10-12-25(13-11-17)20-5-1-2-6-21(20)28(24(25)30)19-8-9-19/h1-2,5-6,10,15-16,19,22H,3-4,7-9,11-14H2. The molecule has 6 rings (SSSR count). The second-order valence-electron chi connectivity index (χ2n) is 9.29. The number of ether oxygens (including phenoxy) is 1. The highest BCUT2D eigenvalue weighted by atomic mass is 16.5. The number of allylic oxidation sites excluding steroid dienone is 2. The molecule has 1 saturated carbocycles. The molecule has 31 heavy (non-hydrogen) atoms. The number of hydrogen-bond donors (Lipinski definition) is 0. The quantitative estimate of drug-likeness (QED) is 0.692. The molecule has 0 bridgehead atoms. The molecule has 2 aliphatic heterocycles. The fourth-order valence-electron chi connectivity index (χ4n) is 5.56. The molecule has 1 amide bonds. The van der Waals surface area contributed by atoms with Crippen LogP contribution in [0.5, 0.6) is 0 Å². The van der Waals surface area contributed by atoms with Gasteiger partial charge in [-0.25, -0.2) is 4.68 Å². The molecule has 2 aromatic rings. The Balaban J connectivity index is 1.33. The fourth-order valence-corrected chi connectivity index (χ4v) is 5.56. The number of amides is 1. The third kappa shape index (κ3) is 2.92. The van der Waals surface area contributed by atoms with E-state index in [2.05, 4.69) is 23.1 Å². The summed E-state index contributed by atoms with van der Waals surface area (Å²) in [5.41, 5.74) is 4.21. The van der Waals surface area contributed by atoms with Crippen molar-refractivity contribution in [3.8, 4) is 0 Å². The Morgan fingerprint density at radius 1 is 1.16 bits per heavy atom. The number of nitrogens with zero attached hydrogens (tertiary/aromatic N) is 3. The van der Waals surface area contributed by atoms with Crippen molar-refractivity contribution in [1.82, 2.24) is 9.78 Å². The van der Waals surface area contributed by atoms with Crippen molar-refractivity contribution in [3.63, 3.8) is 0 Å². The van der Waals surface area contributed by atoms with Gasteiger partial charge in [0, 0.05) is 24.5 Å². The van der Waals surface area contributed by atoms with E-state index in [0.717, 1.165) is 74.8 Å². The highest BCUT2D eigenvalue weighted by Crippen LogP contribution is 2.53. The van der Waals surface area contributed by atoms with Gasteiger partial charge in [0.15, 0.2) is 6.29 Å². The number of rotatable bonds is 4. The zero-order valence-corrected chi connectivity index (χ0v) is 17.6. The molecule has 1 aromatic heterocycles. The van der Waals surface area contributed by atoms with Gasteiger partial charge in [0.05, 0.1) is 16.7 Å². The predicted molar refractivity (Wildman–Crippen MR) is 117 cm³/mol. The van der Waals surface area contributed by atoms with Crippen LogP contribution in [0.15, 0.2) is 36.5 Å². The number of fused-ring (bicyclic) bond motifs is 2. The molecule has 2 atom stereocenters. The molecule has 2 aliphatic carbocycles. The summed E-state index contributed by atoms with van der Waals surface area (Å²) in [6.45, 7) is 0.737. The maximum atomic E-state index is 13.6. The van der Waals surface area contributed by atoms with Gasteiger partial charge < -0.3 is 9.64 Å². The van der Waals surface area contributed by atoms with Gasteiger partial charge in [0.2, 0.25) is 5.91 Å². The number of aldehydes is 1. The van der Waals surface area contributed by atoms with Crippen LogP contribution in [-0.4, -0.2) is 34.6 Å². The molecule has 4 aliphatic rings. The Hall–Kier alpha value is -2.73. The van der Waals surface area contributed by atoms with Crippen LogP contribution in [0.2, 0.25) is 0 Å². The van der Waals surface area contributed by atoms with Crippen molar-refractivity contribution in [2.75, 3.05) is 11.5 Å². The zero-order valence-electron chi connectivity index (χ0n) is 17.6. The van der Waals surface area contributed by atoms with Crippen molar-refractivity contribution < 1.29 is 14.3 Å². The Morgan fingerprint density at radius 2 is 2.03 bits per heavy atom. The summed E-state index contributed by atoms with van der Waals surface area (Å²) in [5, 5.41) is 4.76. The Labute approximate surface area is 181 Å². The van der Waals surface area contributed by atoms with Crippen molar-refractivity contribution in [2.45, 2.75) is 69.1 Å². The first-order chi connectivity index (χ1) is 15.2. The predicted octanol–water partition coefficient (Wildman–Crippen LogP) is 4.41. The van der Waals surface area contributed by atoms with Gasteiger partial charge in [0.25, 0.3) is 0 Å². The van der Waals surface area contributed by atoms with Crippen molar-refractivity contribution in [1.29, 1.82) is 0 Å². The molecule has 1 saturated heterocycles. The second-order valence-corrected chi connectivity index (χ2v) is 9.29. The molecule has 0 radical (unpaired) electrons. The van der Waals surface area contributed by atoms with E-state index in [1.54, 1.807) is 0 Å². The summed E-state index contributed by atoms with van der Waals surface area (Å²) >= 11 is 0. The number of hydrogen-bond acceptors (Lipinski definition) is 4. The molecular weight excluding hydrogens is 390 g/mol. The summed E-state index contributed by atoms with van der Waals surface area (Å²) in [5.74, 6) is 0.253.